The molecule has 0 saturated heterocycles. The van der Waals surface area contributed by atoms with E-state index in [0.717, 1.165) is 24.1 Å². The number of ether oxygens (including phenoxy) is 1. The molecule has 2 N–H and O–H groups in total. The van der Waals surface area contributed by atoms with Gasteiger partial charge in [-0.15, -0.1) is 0 Å². The highest BCUT2D eigenvalue weighted by atomic mass is 16.5. The van der Waals surface area contributed by atoms with Crippen LogP contribution in [0.2, 0.25) is 0 Å². The van der Waals surface area contributed by atoms with E-state index >= 15 is 0 Å². The summed E-state index contributed by atoms with van der Waals surface area (Å²) in [5, 5.41) is 0. The second-order valence-corrected chi connectivity index (χ2v) is 5.98. The van der Waals surface area contributed by atoms with Crippen LogP contribution in [0.5, 0.6) is 0 Å². The summed E-state index contributed by atoms with van der Waals surface area (Å²) in [6, 6.07) is 7.39. The molecule has 0 spiro atoms. The van der Waals surface area contributed by atoms with Crippen molar-refractivity contribution in [1.29, 1.82) is 0 Å². The molecule has 108 valence electrons. The van der Waals surface area contributed by atoms with E-state index in [-0.39, 0.29) is 12.1 Å². The van der Waals surface area contributed by atoms with Crippen LogP contribution in [0.4, 0.5) is 5.69 Å². The molecular weight excluding hydrogens is 250 g/mol. The number of nitrogens with two attached hydrogens (primary N) is 1. The SMILES string of the molecule is CC1CC(C)CC(OC(=O)/C=C/c2ccc(N)cc2)C1. The number of esters is 1. The van der Waals surface area contributed by atoms with Gasteiger partial charge in [-0.25, -0.2) is 4.79 Å². The van der Waals surface area contributed by atoms with Crippen molar-refractivity contribution in [2.75, 3.05) is 5.73 Å². The van der Waals surface area contributed by atoms with Gasteiger partial charge in [-0.1, -0.05) is 26.0 Å². The Labute approximate surface area is 120 Å². The van der Waals surface area contributed by atoms with Gasteiger partial charge in [0.1, 0.15) is 6.10 Å². The molecule has 1 aliphatic rings. The van der Waals surface area contributed by atoms with Gasteiger partial charge in [0.05, 0.1) is 0 Å². The normalized spacial score (nSPS) is 26.6. The zero-order valence-corrected chi connectivity index (χ0v) is 12.2. The minimum atomic E-state index is -0.256. The summed E-state index contributed by atoms with van der Waals surface area (Å²) in [6.07, 6.45) is 6.51. The van der Waals surface area contributed by atoms with Gasteiger partial charge in [0.2, 0.25) is 0 Å². The molecule has 3 nitrogen and oxygen atoms in total. The van der Waals surface area contributed by atoms with Crippen LogP contribution < -0.4 is 5.73 Å². The van der Waals surface area contributed by atoms with Crippen molar-refractivity contribution in [3.63, 3.8) is 0 Å². The number of hydrogen-bond donors (Lipinski definition) is 1. The number of benzene rings is 1. The average Bonchev–Trinajstić information content (AvgIpc) is 2.37. The Hall–Kier alpha value is -1.77. The lowest BCUT2D eigenvalue weighted by Crippen LogP contribution is -2.27. The van der Waals surface area contributed by atoms with E-state index in [1.807, 2.05) is 24.3 Å². The van der Waals surface area contributed by atoms with Gasteiger partial charge in [-0.3, -0.25) is 0 Å². The maximum Gasteiger partial charge on any atom is 0.331 e. The minimum absolute atomic E-state index is 0.0670. The van der Waals surface area contributed by atoms with Crippen molar-refractivity contribution >= 4 is 17.7 Å². The van der Waals surface area contributed by atoms with Gasteiger partial charge in [0, 0.05) is 11.8 Å². The first-order valence-electron chi connectivity index (χ1n) is 7.27. The molecule has 1 aromatic carbocycles. The van der Waals surface area contributed by atoms with Gasteiger partial charge < -0.3 is 10.5 Å². The maximum absolute atomic E-state index is 11.8. The molecule has 20 heavy (non-hydrogen) atoms. The first kappa shape index (κ1) is 14.6. The predicted octanol–water partition coefficient (Wildman–Crippen LogP) is 3.65. The van der Waals surface area contributed by atoms with Gasteiger partial charge in [0.25, 0.3) is 0 Å². The van der Waals surface area contributed by atoms with E-state index < -0.39 is 0 Å². The Balaban J connectivity index is 1.87. The standard InChI is InChI=1S/C17H23NO2/c1-12-9-13(2)11-16(10-12)20-17(19)8-5-14-3-6-15(18)7-4-14/h3-8,12-13,16H,9-11,18H2,1-2H3/b8-5+. The second-order valence-electron chi connectivity index (χ2n) is 5.98. The van der Waals surface area contributed by atoms with Crippen molar-refractivity contribution < 1.29 is 9.53 Å². The molecule has 2 rings (SSSR count). The molecule has 3 heteroatoms. The Morgan fingerprint density at radius 1 is 1.15 bits per heavy atom. The molecular formula is C17H23NO2. The molecule has 0 radical (unpaired) electrons. The quantitative estimate of drug-likeness (QED) is 0.519. The Morgan fingerprint density at radius 3 is 2.35 bits per heavy atom. The third-order valence-electron chi connectivity index (χ3n) is 3.77. The summed E-state index contributed by atoms with van der Waals surface area (Å²) < 4.78 is 5.53. The van der Waals surface area contributed by atoms with E-state index in [9.17, 15) is 4.79 Å². The monoisotopic (exact) mass is 273 g/mol. The number of carbonyl (C=O) groups is 1. The summed E-state index contributed by atoms with van der Waals surface area (Å²) in [5.74, 6) is 1.02. The Morgan fingerprint density at radius 2 is 1.75 bits per heavy atom. The second kappa shape index (κ2) is 6.60. The topological polar surface area (TPSA) is 52.3 Å². The van der Waals surface area contributed by atoms with Gasteiger partial charge in [-0.05, 0) is 54.9 Å². The Bertz CT molecular complexity index is 468. The highest BCUT2D eigenvalue weighted by Crippen LogP contribution is 2.30. The largest absolute Gasteiger partial charge is 0.459 e. The van der Waals surface area contributed by atoms with Crippen LogP contribution in [-0.4, -0.2) is 12.1 Å². The zero-order chi connectivity index (χ0) is 14.5. The lowest BCUT2D eigenvalue weighted by molar-refractivity contribution is -0.145. The number of rotatable bonds is 3. The van der Waals surface area contributed by atoms with Crippen molar-refractivity contribution in [3.8, 4) is 0 Å². The molecule has 1 fully saturated rings. The smallest absolute Gasteiger partial charge is 0.331 e. The third kappa shape index (κ3) is 4.41. The third-order valence-corrected chi connectivity index (χ3v) is 3.77. The van der Waals surface area contributed by atoms with Crippen LogP contribution in [0.3, 0.4) is 0 Å². The highest BCUT2D eigenvalue weighted by Gasteiger charge is 2.25. The van der Waals surface area contributed by atoms with Crippen molar-refractivity contribution in [2.45, 2.75) is 39.2 Å². The Kier molecular flexibility index (Phi) is 4.83. The van der Waals surface area contributed by atoms with Crippen LogP contribution in [0, 0.1) is 11.8 Å². The van der Waals surface area contributed by atoms with Crippen LogP contribution in [0.15, 0.2) is 30.3 Å². The summed E-state index contributed by atoms with van der Waals surface area (Å²) in [7, 11) is 0. The summed E-state index contributed by atoms with van der Waals surface area (Å²) in [4.78, 5) is 11.8. The van der Waals surface area contributed by atoms with Crippen LogP contribution >= 0.6 is 0 Å². The summed E-state index contributed by atoms with van der Waals surface area (Å²) in [6.45, 7) is 4.45. The molecule has 0 aliphatic heterocycles. The van der Waals surface area contributed by atoms with E-state index in [0.29, 0.717) is 11.8 Å². The minimum Gasteiger partial charge on any atom is -0.459 e. The molecule has 0 heterocycles. The van der Waals surface area contributed by atoms with E-state index in [1.54, 1.807) is 6.08 Å². The molecule has 0 bridgehead atoms. The highest BCUT2D eigenvalue weighted by molar-refractivity contribution is 5.87. The molecule has 2 atom stereocenters. The van der Waals surface area contributed by atoms with Crippen LogP contribution in [0.1, 0.15) is 38.7 Å². The van der Waals surface area contributed by atoms with Crippen molar-refractivity contribution in [1.82, 2.24) is 0 Å². The first-order chi connectivity index (χ1) is 9.52. The van der Waals surface area contributed by atoms with Crippen LogP contribution in [0.25, 0.3) is 6.08 Å². The fourth-order valence-electron chi connectivity index (χ4n) is 2.94. The van der Waals surface area contributed by atoms with Gasteiger partial charge in [-0.2, -0.15) is 0 Å². The fraction of sp³-hybridized carbons (Fsp3) is 0.471. The van der Waals surface area contributed by atoms with Crippen LogP contribution in [-0.2, 0) is 9.53 Å². The number of hydrogen-bond acceptors (Lipinski definition) is 3. The fourth-order valence-corrected chi connectivity index (χ4v) is 2.94. The predicted molar refractivity (Wildman–Crippen MR) is 81.9 cm³/mol. The summed E-state index contributed by atoms with van der Waals surface area (Å²) in [5.41, 5.74) is 7.28. The number of anilines is 1. The van der Waals surface area contributed by atoms with Gasteiger partial charge >= 0.3 is 5.97 Å². The molecule has 1 aliphatic carbocycles. The first-order valence-corrected chi connectivity index (χ1v) is 7.27. The number of nitrogen functional groups attached to an aromatic ring is 1. The zero-order valence-electron chi connectivity index (χ0n) is 12.2. The number of carbonyl (C=O) groups excluding carboxylic acids is 1. The van der Waals surface area contributed by atoms with Crippen molar-refractivity contribution in [2.24, 2.45) is 11.8 Å². The molecule has 0 aromatic heterocycles. The van der Waals surface area contributed by atoms with E-state index in [1.165, 1.54) is 12.5 Å². The lowest BCUT2D eigenvalue weighted by atomic mass is 9.82. The maximum atomic E-state index is 11.8. The van der Waals surface area contributed by atoms with Crippen molar-refractivity contribution in [3.05, 3.63) is 35.9 Å². The molecule has 1 aromatic rings. The summed E-state index contributed by atoms with van der Waals surface area (Å²) >= 11 is 0. The molecule has 2 unspecified atom stereocenters. The van der Waals surface area contributed by atoms with E-state index in [4.69, 9.17) is 10.5 Å². The average molecular weight is 273 g/mol. The lowest BCUT2D eigenvalue weighted by Gasteiger charge is -2.30. The molecule has 0 amide bonds. The molecule has 1 saturated carbocycles. The van der Waals surface area contributed by atoms with E-state index in [2.05, 4.69) is 13.8 Å². The van der Waals surface area contributed by atoms with Gasteiger partial charge in [0.15, 0.2) is 0 Å².